The number of amides is 1. The molecule has 104 valence electrons. The number of aromatic nitrogens is 1. The van der Waals surface area contributed by atoms with Gasteiger partial charge in [-0.1, -0.05) is 0 Å². The van der Waals surface area contributed by atoms with E-state index in [4.69, 9.17) is 9.84 Å². The van der Waals surface area contributed by atoms with Gasteiger partial charge in [-0.3, -0.25) is 9.59 Å². The van der Waals surface area contributed by atoms with E-state index in [9.17, 15) is 9.59 Å². The summed E-state index contributed by atoms with van der Waals surface area (Å²) in [5.41, 5.74) is -0.364. The standard InChI is InChI=1S/C13H18N2O4/c1-13(2,3)15(8-10(16)17)12(18)9-6-5-7-14-11(9)19-4/h5-7H,8H2,1-4H3,(H,16,17). The summed E-state index contributed by atoms with van der Waals surface area (Å²) in [4.78, 5) is 28.6. The minimum atomic E-state index is -1.06. The Morgan fingerprint density at radius 3 is 2.53 bits per heavy atom. The van der Waals surface area contributed by atoms with E-state index in [1.54, 1.807) is 32.9 Å². The van der Waals surface area contributed by atoms with Gasteiger partial charge in [-0.05, 0) is 32.9 Å². The molecule has 1 heterocycles. The monoisotopic (exact) mass is 266 g/mol. The molecule has 6 nitrogen and oxygen atoms in total. The molecule has 0 aromatic carbocycles. The number of ether oxygens (including phenoxy) is 1. The van der Waals surface area contributed by atoms with Gasteiger partial charge in [0.15, 0.2) is 0 Å². The Morgan fingerprint density at radius 1 is 1.42 bits per heavy atom. The Morgan fingerprint density at radius 2 is 2.05 bits per heavy atom. The highest BCUT2D eigenvalue weighted by Gasteiger charge is 2.30. The Balaban J connectivity index is 3.16. The van der Waals surface area contributed by atoms with E-state index in [0.29, 0.717) is 0 Å². The van der Waals surface area contributed by atoms with Crippen molar-refractivity contribution in [3.63, 3.8) is 0 Å². The van der Waals surface area contributed by atoms with Crippen LogP contribution in [0.5, 0.6) is 5.88 Å². The molecule has 1 aromatic rings. The normalized spacial score (nSPS) is 10.9. The van der Waals surface area contributed by atoms with E-state index in [-0.39, 0.29) is 18.0 Å². The topological polar surface area (TPSA) is 79.7 Å². The highest BCUT2D eigenvalue weighted by atomic mass is 16.5. The second-order valence-corrected chi connectivity index (χ2v) is 5.02. The van der Waals surface area contributed by atoms with Crippen molar-refractivity contribution >= 4 is 11.9 Å². The molecule has 0 saturated heterocycles. The number of hydrogen-bond donors (Lipinski definition) is 1. The molecule has 6 heteroatoms. The molecule has 1 aromatic heterocycles. The number of pyridine rings is 1. The van der Waals surface area contributed by atoms with Gasteiger partial charge in [-0.25, -0.2) is 4.98 Å². The maximum absolute atomic E-state index is 12.4. The quantitative estimate of drug-likeness (QED) is 0.891. The first-order valence-corrected chi connectivity index (χ1v) is 5.80. The minimum Gasteiger partial charge on any atom is -0.480 e. The van der Waals surface area contributed by atoms with E-state index in [2.05, 4.69) is 4.98 Å². The second kappa shape index (κ2) is 5.69. The summed E-state index contributed by atoms with van der Waals surface area (Å²) in [6, 6.07) is 3.17. The van der Waals surface area contributed by atoms with E-state index in [1.165, 1.54) is 18.2 Å². The largest absolute Gasteiger partial charge is 0.480 e. The number of methoxy groups -OCH3 is 1. The Bertz CT molecular complexity index is 480. The molecule has 1 N–H and O–H groups in total. The fraction of sp³-hybridized carbons (Fsp3) is 0.462. The number of rotatable bonds is 4. The Labute approximate surface area is 112 Å². The van der Waals surface area contributed by atoms with Gasteiger partial charge >= 0.3 is 5.97 Å². The van der Waals surface area contributed by atoms with Crippen LogP contribution >= 0.6 is 0 Å². The Hall–Kier alpha value is -2.11. The molecule has 0 unspecified atom stereocenters. The zero-order valence-corrected chi connectivity index (χ0v) is 11.5. The van der Waals surface area contributed by atoms with Crippen LogP contribution in [0.4, 0.5) is 0 Å². The summed E-state index contributed by atoms with van der Waals surface area (Å²) in [5.74, 6) is -1.29. The van der Waals surface area contributed by atoms with Gasteiger partial charge in [0, 0.05) is 11.7 Å². The molecule has 0 aliphatic carbocycles. The molecule has 0 aliphatic heterocycles. The van der Waals surface area contributed by atoms with Gasteiger partial charge in [0.05, 0.1) is 7.11 Å². The van der Waals surface area contributed by atoms with Gasteiger partial charge in [0.2, 0.25) is 5.88 Å². The van der Waals surface area contributed by atoms with Crippen LogP contribution in [0.15, 0.2) is 18.3 Å². The maximum Gasteiger partial charge on any atom is 0.323 e. The number of aliphatic carboxylic acids is 1. The van der Waals surface area contributed by atoms with Crippen molar-refractivity contribution in [3.8, 4) is 5.88 Å². The molecular formula is C13H18N2O4. The zero-order chi connectivity index (χ0) is 14.6. The van der Waals surface area contributed by atoms with Crippen LogP contribution in [0.1, 0.15) is 31.1 Å². The molecule has 1 rings (SSSR count). The number of carbonyl (C=O) groups is 2. The summed E-state index contributed by atoms with van der Waals surface area (Å²) >= 11 is 0. The highest BCUT2D eigenvalue weighted by Crippen LogP contribution is 2.21. The smallest absolute Gasteiger partial charge is 0.323 e. The summed E-state index contributed by atoms with van der Waals surface area (Å²) in [7, 11) is 1.41. The molecule has 0 spiro atoms. The number of carbonyl (C=O) groups excluding carboxylic acids is 1. The number of hydrogen-bond acceptors (Lipinski definition) is 4. The van der Waals surface area contributed by atoms with Crippen LogP contribution in [-0.2, 0) is 4.79 Å². The van der Waals surface area contributed by atoms with Crippen LogP contribution in [0.3, 0.4) is 0 Å². The van der Waals surface area contributed by atoms with E-state index in [0.717, 1.165) is 0 Å². The average molecular weight is 266 g/mol. The molecule has 0 saturated carbocycles. The number of nitrogens with zero attached hydrogens (tertiary/aromatic N) is 2. The number of carboxylic acid groups (broad SMARTS) is 1. The lowest BCUT2D eigenvalue weighted by Crippen LogP contribution is -2.48. The van der Waals surface area contributed by atoms with Gasteiger partial charge in [-0.2, -0.15) is 0 Å². The van der Waals surface area contributed by atoms with Gasteiger partial charge in [0.1, 0.15) is 12.1 Å². The third-order valence-electron chi connectivity index (χ3n) is 2.54. The predicted molar refractivity (Wildman–Crippen MR) is 69.2 cm³/mol. The summed E-state index contributed by atoms with van der Waals surface area (Å²) < 4.78 is 5.03. The third kappa shape index (κ3) is 3.67. The van der Waals surface area contributed by atoms with Crippen LogP contribution in [0.2, 0.25) is 0 Å². The maximum atomic E-state index is 12.4. The minimum absolute atomic E-state index is 0.187. The van der Waals surface area contributed by atoms with Crippen LogP contribution in [-0.4, -0.2) is 46.1 Å². The molecule has 0 radical (unpaired) electrons. The van der Waals surface area contributed by atoms with Gasteiger partial charge in [-0.15, -0.1) is 0 Å². The average Bonchev–Trinajstić information content (AvgIpc) is 2.33. The SMILES string of the molecule is COc1ncccc1C(=O)N(CC(=O)O)C(C)(C)C. The molecule has 19 heavy (non-hydrogen) atoms. The highest BCUT2D eigenvalue weighted by molar-refractivity contribution is 5.98. The zero-order valence-electron chi connectivity index (χ0n) is 11.5. The van der Waals surface area contributed by atoms with Gasteiger partial charge in [0.25, 0.3) is 5.91 Å². The summed E-state index contributed by atoms with van der Waals surface area (Å²) in [6.07, 6.45) is 1.51. The van der Waals surface area contributed by atoms with E-state index in [1.807, 2.05) is 0 Å². The first kappa shape index (κ1) is 14.9. The summed E-state index contributed by atoms with van der Waals surface area (Å²) in [5, 5.41) is 8.93. The van der Waals surface area contributed by atoms with E-state index >= 15 is 0 Å². The number of carboxylic acids is 1. The van der Waals surface area contributed by atoms with E-state index < -0.39 is 17.4 Å². The molecular weight excluding hydrogens is 248 g/mol. The van der Waals surface area contributed by atoms with Crippen molar-refractivity contribution in [1.82, 2.24) is 9.88 Å². The van der Waals surface area contributed by atoms with Gasteiger partial charge < -0.3 is 14.7 Å². The second-order valence-electron chi connectivity index (χ2n) is 5.02. The third-order valence-corrected chi connectivity index (χ3v) is 2.54. The van der Waals surface area contributed by atoms with Crippen LogP contribution in [0.25, 0.3) is 0 Å². The molecule has 1 amide bonds. The lowest BCUT2D eigenvalue weighted by atomic mass is 10.0. The van der Waals surface area contributed by atoms with Crippen molar-refractivity contribution in [2.24, 2.45) is 0 Å². The fourth-order valence-corrected chi connectivity index (χ4v) is 1.61. The van der Waals surface area contributed by atoms with Crippen molar-refractivity contribution in [2.45, 2.75) is 26.3 Å². The molecule has 0 aliphatic rings. The van der Waals surface area contributed by atoms with Crippen molar-refractivity contribution < 1.29 is 19.4 Å². The first-order valence-electron chi connectivity index (χ1n) is 5.80. The summed E-state index contributed by atoms with van der Waals surface area (Å²) in [6.45, 7) is 4.95. The van der Waals surface area contributed by atoms with Crippen molar-refractivity contribution in [2.75, 3.05) is 13.7 Å². The predicted octanol–water partition coefficient (Wildman–Crippen LogP) is 1.42. The lowest BCUT2D eigenvalue weighted by Gasteiger charge is -2.34. The van der Waals surface area contributed by atoms with Crippen LogP contribution < -0.4 is 4.74 Å². The Kier molecular flexibility index (Phi) is 4.47. The van der Waals surface area contributed by atoms with Crippen LogP contribution in [0, 0.1) is 0 Å². The fourth-order valence-electron chi connectivity index (χ4n) is 1.61. The molecule has 0 fully saturated rings. The molecule has 0 bridgehead atoms. The lowest BCUT2D eigenvalue weighted by molar-refractivity contribution is -0.138. The van der Waals surface area contributed by atoms with Crippen molar-refractivity contribution in [3.05, 3.63) is 23.9 Å². The first-order chi connectivity index (χ1) is 8.77. The van der Waals surface area contributed by atoms with Crippen molar-refractivity contribution in [1.29, 1.82) is 0 Å². The molecule has 0 atom stereocenters.